The highest BCUT2D eigenvalue weighted by atomic mass is 35.5. The fourth-order valence-electron chi connectivity index (χ4n) is 5.34. The van der Waals surface area contributed by atoms with E-state index in [4.69, 9.17) is 16.3 Å². The number of benzene rings is 1. The lowest BCUT2D eigenvalue weighted by atomic mass is 10.00. The maximum absolute atomic E-state index is 14.9. The number of ether oxygens (including phenoxy) is 1. The van der Waals surface area contributed by atoms with Crippen molar-refractivity contribution in [2.24, 2.45) is 18.9 Å². The number of fused-ring (bicyclic) bond motifs is 3. The van der Waals surface area contributed by atoms with E-state index >= 15 is 0 Å². The van der Waals surface area contributed by atoms with E-state index < -0.39 is 24.1 Å². The van der Waals surface area contributed by atoms with Crippen LogP contribution in [0.4, 0.5) is 31.9 Å². The summed E-state index contributed by atoms with van der Waals surface area (Å²) in [5.74, 6) is -2.37. The first kappa shape index (κ1) is 24.8. The van der Waals surface area contributed by atoms with Gasteiger partial charge in [-0.15, -0.1) is 0 Å². The number of alkyl halides is 2. The van der Waals surface area contributed by atoms with Gasteiger partial charge >= 0.3 is 5.92 Å². The molecule has 2 aliphatic heterocycles. The average Bonchev–Trinajstić information content (AvgIpc) is 3.71. The van der Waals surface area contributed by atoms with Gasteiger partial charge in [0, 0.05) is 31.1 Å². The number of carbonyl (C=O) groups excluding carboxylic acids is 1. The minimum atomic E-state index is -3.12. The average molecular weight is 545 g/mol. The largest absolute Gasteiger partial charge is 0.480 e. The number of nitrogens with one attached hydrogen (secondary N) is 2. The Morgan fingerprint density at radius 3 is 2.79 bits per heavy atom. The molecule has 2 aromatic heterocycles. The number of nitrogens with zero attached hydrogens (tertiary/aromatic N) is 4. The molecule has 3 aliphatic rings. The Hall–Kier alpha value is -3.47. The Balaban J connectivity index is 1.39. The lowest BCUT2D eigenvalue weighted by molar-refractivity contribution is -0.119. The molecule has 2 fully saturated rings. The Morgan fingerprint density at radius 1 is 1.26 bits per heavy atom. The summed E-state index contributed by atoms with van der Waals surface area (Å²) in [5, 5.41) is 7.00. The summed E-state index contributed by atoms with van der Waals surface area (Å²) in [6.45, 7) is 2.04. The molecule has 0 amide bonds. The van der Waals surface area contributed by atoms with E-state index in [1.165, 1.54) is 10.8 Å². The molecule has 0 radical (unpaired) electrons. The highest BCUT2D eigenvalue weighted by Crippen LogP contribution is 2.45. The molecule has 2 N–H and O–H groups in total. The van der Waals surface area contributed by atoms with Gasteiger partial charge in [0.05, 0.1) is 30.0 Å². The predicted molar refractivity (Wildman–Crippen MR) is 141 cm³/mol. The third kappa shape index (κ3) is 4.42. The van der Waals surface area contributed by atoms with E-state index in [-0.39, 0.29) is 40.6 Å². The molecule has 4 heterocycles. The van der Waals surface area contributed by atoms with Gasteiger partial charge in [-0.05, 0) is 42.9 Å². The number of aryl methyl sites for hydroxylation is 1. The zero-order valence-electron chi connectivity index (χ0n) is 20.9. The standard InChI is InChI=1S/C26H27ClF2N6O3/c1-13-7-16(36)11-35(10-13)25-30-9-18(27)23(33-25)31-15-5-6-19-17(8-15)20-21(24(37)34(19)2)38-12-26(28,29)22(32-20)14-3-4-14/h5-6,8-9,13-14,22,32H,3-4,7,10-12H2,1-2H3,(H,30,31,33)/t13?,22-/m0/s1. The summed E-state index contributed by atoms with van der Waals surface area (Å²) in [6.07, 6.45) is 3.41. The van der Waals surface area contributed by atoms with E-state index in [9.17, 15) is 18.4 Å². The molecule has 9 nitrogen and oxygen atoms in total. The van der Waals surface area contributed by atoms with Gasteiger partial charge < -0.3 is 24.8 Å². The van der Waals surface area contributed by atoms with Crippen LogP contribution in [0.15, 0.2) is 29.2 Å². The van der Waals surface area contributed by atoms with Gasteiger partial charge in [-0.3, -0.25) is 9.59 Å². The molecule has 1 saturated carbocycles. The topological polar surface area (TPSA) is 101 Å². The minimum absolute atomic E-state index is 0.119. The number of carbonyl (C=O) groups is 1. The van der Waals surface area contributed by atoms with Gasteiger partial charge in [0.2, 0.25) is 11.7 Å². The third-order valence-electron chi connectivity index (χ3n) is 7.36. The van der Waals surface area contributed by atoms with Crippen LogP contribution in [0.2, 0.25) is 5.02 Å². The van der Waals surface area contributed by atoms with Crippen molar-refractivity contribution in [1.82, 2.24) is 14.5 Å². The summed E-state index contributed by atoms with van der Waals surface area (Å²) in [7, 11) is 1.58. The number of pyridine rings is 1. The number of Topliss-reactive ketones (excluding diaryl/α,β-unsaturated/α-hetero) is 1. The van der Waals surface area contributed by atoms with E-state index in [2.05, 4.69) is 20.6 Å². The first-order valence-corrected chi connectivity index (χ1v) is 13.0. The van der Waals surface area contributed by atoms with Crippen molar-refractivity contribution < 1.29 is 18.3 Å². The fraction of sp³-hybridized carbons (Fsp3) is 0.462. The Kier molecular flexibility index (Phi) is 5.93. The summed E-state index contributed by atoms with van der Waals surface area (Å²) >= 11 is 6.40. The number of hydrogen-bond acceptors (Lipinski definition) is 8. The summed E-state index contributed by atoms with van der Waals surface area (Å²) < 4.78 is 36.6. The van der Waals surface area contributed by atoms with E-state index in [1.54, 1.807) is 25.2 Å². The summed E-state index contributed by atoms with van der Waals surface area (Å²) in [5.41, 5.74) is 0.914. The number of ketones is 1. The number of hydrogen-bond donors (Lipinski definition) is 2. The Morgan fingerprint density at radius 2 is 2.05 bits per heavy atom. The maximum atomic E-state index is 14.9. The fourth-order valence-corrected chi connectivity index (χ4v) is 5.48. The van der Waals surface area contributed by atoms with Crippen LogP contribution < -0.4 is 25.8 Å². The van der Waals surface area contributed by atoms with Crippen molar-refractivity contribution in [1.29, 1.82) is 0 Å². The van der Waals surface area contributed by atoms with Crippen LogP contribution in [0.5, 0.6) is 5.75 Å². The van der Waals surface area contributed by atoms with Crippen LogP contribution in [0, 0.1) is 11.8 Å². The highest BCUT2D eigenvalue weighted by molar-refractivity contribution is 6.33. The number of rotatable bonds is 4. The van der Waals surface area contributed by atoms with Gasteiger partial charge in [-0.25, -0.2) is 13.8 Å². The summed E-state index contributed by atoms with van der Waals surface area (Å²) in [4.78, 5) is 35.8. The lowest BCUT2D eigenvalue weighted by Crippen LogP contribution is -2.44. The second-order valence-corrected chi connectivity index (χ2v) is 10.9. The number of anilines is 4. The Bertz CT molecular complexity index is 1510. The molecule has 1 aliphatic carbocycles. The molecule has 3 aromatic rings. The number of halogens is 3. The first-order valence-electron chi connectivity index (χ1n) is 12.6. The van der Waals surface area contributed by atoms with Gasteiger partial charge in [0.25, 0.3) is 5.56 Å². The molecule has 1 saturated heterocycles. The predicted octanol–water partition coefficient (Wildman–Crippen LogP) is 4.36. The first-order chi connectivity index (χ1) is 18.1. The normalized spacial score (nSPS) is 22.9. The zero-order chi connectivity index (χ0) is 26.8. The highest BCUT2D eigenvalue weighted by Gasteiger charge is 2.51. The smallest absolute Gasteiger partial charge is 0.301 e. The zero-order valence-corrected chi connectivity index (χ0v) is 21.7. The molecule has 12 heteroatoms. The van der Waals surface area contributed by atoms with Gasteiger partial charge in [0.1, 0.15) is 5.02 Å². The number of aromatic nitrogens is 3. The molecule has 0 spiro atoms. The van der Waals surface area contributed by atoms with E-state index in [1.807, 2.05) is 11.8 Å². The molecule has 0 bridgehead atoms. The van der Waals surface area contributed by atoms with Gasteiger partial charge in [-0.1, -0.05) is 18.5 Å². The van der Waals surface area contributed by atoms with Crippen LogP contribution in [0.1, 0.15) is 26.2 Å². The van der Waals surface area contributed by atoms with Gasteiger partial charge in [-0.2, -0.15) is 4.98 Å². The van der Waals surface area contributed by atoms with Crippen LogP contribution in [-0.4, -0.2) is 52.0 Å². The Labute approximate surface area is 222 Å². The van der Waals surface area contributed by atoms with Crippen molar-refractivity contribution in [2.75, 3.05) is 35.2 Å². The molecule has 38 heavy (non-hydrogen) atoms. The van der Waals surface area contributed by atoms with Crippen LogP contribution >= 0.6 is 11.6 Å². The van der Waals surface area contributed by atoms with E-state index in [0.717, 1.165) is 0 Å². The second kappa shape index (κ2) is 9.07. The maximum Gasteiger partial charge on any atom is 0.301 e. The van der Waals surface area contributed by atoms with Crippen molar-refractivity contribution in [3.05, 3.63) is 39.8 Å². The van der Waals surface area contributed by atoms with Crippen molar-refractivity contribution in [3.8, 4) is 5.75 Å². The lowest BCUT2D eigenvalue weighted by Gasteiger charge is -2.30. The molecule has 1 aromatic carbocycles. The second-order valence-electron chi connectivity index (χ2n) is 10.5. The molecule has 2 atom stereocenters. The molecular weight excluding hydrogens is 518 g/mol. The van der Waals surface area contributed by atoms with Crippen molar-refractivity contribution in [3.63, 3.8) is 0 Å². The third-order valence-corrected chi connectivity index (χ3v) is 7.64. The van der Waals surface area contributed by atoms with Gasteiger partial charge in [0.15, 0.2) is 18.2 Å². The minimum Gasteiger partial charge on any atom is -0.480 e. The van der Waals surface area contributed by atoms with Crippen LogP contribution in [-0.2, 0) is 11.8 Å². The van der Waals surface area contributed by atoms with Crippen LogP contribution in [0.3, 0.4) is 0 Å². The van der Waals surface area contributed by atoms with Crippen molar-refractivity contribution >= 4 is 51.4 Å². The summed E-state index contributed by atoms with van der Waals surface area (Å²) in [6, 6.07) is 4.12. The monoisotopic (exact) mass is 544 g/mol. The molecule has 6 rings (SSSR count). The van der Waals surface area contributed by atoms with E-state index in [0.29, 0.717) is 54.2 Å². The van der Waals surface area contributed by atoms with Crippen LogP contribution in [0.25, 0.3) is 10.9 Å². The quantitative estimate of drug-likeness (QED) is 0.500. The SMILES string of the molecule is CC1CC(=O)CN(c2ncc(Cl)c(Nc3ccc4c(c3)c3c(c(=O)n4C)OCC(F)(F)[C@H](C4CC4)N3)n2)C1. The van der Waals surface area contributed by atoms with Crippen molar-refractivity contribution in [2.45, 2.75) is 38.2 Å². The molecular formula is C26H27ClF2N6O3. The molecule has 200 valence electrons. The number of piperidine rings is 1. The molecule has 1 unspecified atom stereocenters.